The van der Waals surface area contributed by atoms with Crippen molar-refractivity contribution in [2.24, 2.45) is 0 Å². The molecule has 0 unspecified atom stereocenters. The second kappa shape index (κ2) is 9.46. The number of nitrogens with one attached hydrogen (secondary N) is 1. The molecular formula is C29H25N3OS. The van der Waals surface area contributed by atoms with Crippen molar-refractivity contribution in [1.82, 2.24) is 9.38 Å². The molecule has 2 aromatic carbocycles. The number of benzene rings is 2. The van der Waals surface area contributed by atoms with Crippen LogP contribution in [0.2, 0.25) is 0 Å². The quantitative estimate of drug-likeness (QED) is 0.295. The number of rotatable bonds is 5. The molecule has 0 spiro atoms. The third-order valence-corrected chi connectivity index (χ3v) is 6.59. The molecule has 0 bridgehead atoms. The predicted molar refractivity (Wildman–Crippen MR) is 141 cm³/mol. The zero-order valence-electron chi connectivity index (χ0n) is 19.4. The second-order valence-electron chi connectivity index (χ2n) is 8.16. The van der Waals surface area contributed by atoms with E-state index in [0.29, 0.717) is 6.54 Å². The summed E-state index contributed by atoms with van der Waals surface area (Å²) in [6.45, 7) is 4.89. The lowest BCUT2D eigenvalue weighted by Crippen LogP contribution is -2.05. The number of anilines is 1. The summed E-state index contributed by atoms with van der Waals surface area (Å²) < 4.78 is 7.58. The normalized spacial score (nSPS) is 10.7. The summed E-state index contributed by atoms with van der Waals surface area (Å²) in [6.07, 6.45) is 0. The van der Waals surface area contributed by atoms with E-state index < -0.39 is 0 Å². The molecule has 34 heavy (non-hydrogen) atoms. The molecule has 5 aromatic rings. The van der Waals surface area contributed by atoms with Gasteiger partial charge in [-0.3, -0.25) is 4.40 Å². The van der Waals surface area contributed by atoms with E-state index >= 15 is 0 Å². The summed E-state index contributed by atoms with van der Waals surface area (Å²) in [4.78, 5) is 7.13. The molecule has 0 atom stereocenters. The van der Waals surface area contributed by atoms with Gasteiger partial charge >= 0.3 is 0 Å². The van der Waals surface area contributed by atoms with E-state index in [1.165, 1.54) is 5.56 Å². The van der Waals surface area contributed by atoms with E-state index in [2.05, 4.69) is 71.8 Å². The molecule has 5 rings (SSSR count). The lowest BCUT2D eigenvalue weighted by atomic mass is 10.2. The van der Waals surface area contributed by atoms with Gasteiger partial charge in [0.25, 0.3) is 0 Å². The fraction of sp³-hybridized carbons (Fsp3) is 0.138. The number of imidazole rings is 1. The van der Waals surface area contributed by atoms with Crippen molar-refractivity contribution < 1.29 is 4.74 Å². The van der Waals surface area contributed by atoms with Crippen LogP contribution in [-0.4, -0.2) is 16.5 Å². The Morgan fingerprint density at radius 2 is 1.79 bits per heavy atom. The maximum absolute atomic E-state index is 5.39. The highest BCUT2D eigenvalue weighted by Gasteiger charge is 2.17. The molecule has 0 radical (unpaired) electrons. The van der Waals surface area contributed by atoms with Gasteiger partial charge in [0, 0.05) is 17.8 Å². The van der Waals surface area contributed by atoms with E-state index in [1.807, 2.05) is 42.5 Å². The molecule has 0 amide bonds. The number of nitrogens with zero attached hydrogens (tertiary/aromatic N) is 2. The zero-order valence-corrected chi connectivity index (χ0v) is 20.2. The van der Waals surface area contributed by atoms with Crippen molar-refractivity contribution in [1.29, 1.82) is 0 Å². The first-order valence-electron chi connectivity index (χ1n) is 11.1. The fourth-order valence-corrected chi connectivity index (χ4v) is 4.87. The van der Waals surface area contributed by atoms with Crippen molar-refractivity contribution in [2.75, 3.05) is 12.4 Å². The molecular weight excluding hydrogens is 438 g/mol. The first-order chi connectivity index (χ1) is 16.6. The highest BCUT2D eigenvalue weighted by molar-refractivity contribution is 7.16. The molecule has 0 aliphatic heterocycles. The second-order valence-corrected chi connectivity index (χ2v) is 9.25. The van der Waals surface area contributed by atoms with Gasteiger partial charge in [0.15, 0.2) is 0 Å². The van der Waals surface area contributed by atoms with Gasteiger partial charge in [0.2, 0.25) is 0 Å². The van der Waals surface area contributed by atoms with Gasteiger partial charge < -0.3 is 10.1 Å². The first-order valence-corrected chi connectivity index (χ1v) is 12.0. The van der Waals surface area contributed by atoms with Crippen LogP contribution in [0.4, 0.5) is 5.82 Å². The molecule has 0 aliphatic carbocycles. The number of aryl methyl sites for hydroxylation is 2. The number of thiophene rings is 1. The first kappa shape index (κ1) is 21.8. The van der Waals surface area contributed by atoms with Crippen LogP contribution in [0.5, 0.6) is 5.75 Å². The van der Waals surface area contributed by atoms with Gasteiger partial charge in [-0.1, -0.05) is 42.2 Å². The minimum absolute atomic E-state index is 0.664. The molecule has 0 saturated carbocycles. The number of aromatic nitrogens is 2. The summed E-state index contributed by atoms with van der Waals surface area (Å²) in [5.74, 6) is 8.38. The Labute approximate surface area is 203 Å². The van der Waals surface area contributed by atoms with Crippen molar-refractivity contribution >= 4 is 22.8 Å². The van der Waals surface area contributed by atoms with E-state index in [0.717, 1.165) is 49.5 Å². The average molecular weight is 464 g/mol. The summed E-state index contributed by atoms with van der Waals surface area (Å²) in [6, 6.07) is 26.7. The molecule has 0 fully saturated rings. The lowest BCUT2D eigenvalue weighted by Gasteiger charge is -2.11. The fourth-order valence-electron chi connectivity index (χ4n) is 4.02. The summed E-state index contributed by atoms with van der Waals surface area (Å²) in [5, 5.41) is 3.65. The highest BCUT2D eigenvalue weighted by atomic mass is 32.1. The van der Waals surface area contributed by atoms with E-state index in [9.17, 15) is 0 Å². The predicted octanol–water partition coefficient (Wildman–Crippen LogP) is 6.70. The summed E-state index contributed by atoms with van der Waals surface area (Å²) in [7, 11) is 1.69. The van der Waals surface area contributed by atoms with Crippen molar-refractivity contribution in [3.63, 3.8) is 0 Å². The van der Waals surface area contributed by atoms with Gasteiger partial charge in [-0.2, -0.15) is 0 Å². The van der Waals surface area contributed by atoms with Crippen LogP contribution in [0.15, 0.2) is 78.9 Å². The maximum Gasteiger partial charge on any atom is 0.140 e. The molecule has 4 nitrogen and oxygen atoms in total. The van der Waals surface area contributed by atoms with Gasteiger partial charge in [0.05, 0.1) is 16.9 Å². The maximum atomic E-state index is 5.39. The Hall–Kier alpha value is -4.01. The Bertz CT molecular complexity index is 1520. The number of hydrogen-bond donors (Lipinski definition) is 1. The van der Waals surface area contributed by atoms with Crippen molar-refractivity contribution in [3.05, 3.63) is 106 Å². The van der Waals surface area contributed by atoms with E-state index in [1.54, 1.807) is 18.4 Å². The average Bonchev–Trinajstić information content (AvgIpc) is 3.47. The van der Waals surface area contributed by atoms with E-state index in [4.69, 9.17) is 9.72 Å². The number of ether oxygens (including phenoxy) is 1. The molecule has 3 heterocycles. The third-order valence-electron chi connectivity index (χ3n) is 5.59. The van der Waals surface area contributed by atoms with Crippen LogP contribution in [-0.2, 0) is 6.54 Å². The van der Waals surface area contributed by atoms with Crippen LogP contribution in [0.3, 0.4) is 0 Å². The van der Waals surface area contributed by atoms with Gasteiger partial charge in [-0.05, 0) is 73.5 Å². The standard InChI is InChI=1S/C29H25N3OS/c1-20-16-21(2)32-27(17-20)31-28(29(32)30-19-23-10-7-11-24(18-23)33-3)26-15-14-25(34-26)13-12-22-8-5-4-6-9-22/h4-11,14-18,30H,19H2,1-3H3. The van der Waals surface area contributed by atoms with Crippen LogP contribution in [0, 0.1) is 25.7 Å². The van der Waals surface area contributed by atoms with Gasteiger partial charge in [-0.15, -0.1) is 11.3 Å². The van der Waals surface area contributed by atoms with Crippen molar-refractivity contribution in [3.8, 4) is 28.2 Å². The molecule has 0 saturated heterocycles. The number of hydrogen-bond acceptors (Lipinski definition) is 4. The monoisotopic (exact) mass is 463 g/mol. The Kier molecular flexibility index (Phi) is 6.07. The molecule has 0 aliphatic rings. The van der Waals surface area contributed by atoms with Crippen LogP contribution in [0.25, 0.3) is 16.2 Å². The molecule has 168 valence electrons. The van der Waals surface area contributed by atoms with Crippen LogP contribution >= 0.6 is 11.3 Å². The zero-order chi connectivity index (χ0) is 23.5. The molecule has 5 heteroatoms. The Morgan fingerprint density at radius 1 is 0.941 bits per heavy atom. The Morgan fingerprint density at radius 3 is 2.62 bits per heavy atom. The van der Waals surface area contributed by atoms with Crippen LogP contribution < -0.4 is 10.1 Å². The largest absolute Gasteiger partial charge is 0.497 e. The van der Waals surface area contributed by atoms with Crippen LogP contribution in [0.1, 0.15) is 27.3 Å². The SMILES string of the molecule is COc1cccc(CNc2c(-c3ccc(C#Cc4ccccc4)s3)nc3cc(C)cc(C)n23)c1. The minimum Gasteiger partial charge on any atom is -0.497 e. The number of pyridine rings is 1. The minimum atomic E-state index is 0.664. The van der Waals surface area contributed by atoms with Gasteiger partial charge in [0.1, 0.15) is 22.9 Å². The summed E-state index contributed by atoms with van der Waals surface area (Å²) >= 11 is 1.66. The smallest absolute Gasteiger partial charge is 0.140 e. The molecule has 1 N–H and O–H groups in total. The van der Waals surface area contributed by atoms with Crippen molar-refractivity contribution in [2.45, 2.75) is 20.4 Å². The number of fused-ring (bicyclic) bond motifs is 1. The number of methoxy groups -OCH3 is 1. The lowest BCUT2D eigenvalue weighted by molar-refractivity contribution is 0.414. The Balaban J connectivity index is 1.52. The topological polar surface area (TPSA) is 38.6 Å². The highest BCUT2D eigenvalue weighted by Crippen LogP contribution is 2.35. The van der Waals surface area contributed by atoms with Gasteiger partial charge in [-0.25, -0.2) is 4.98 Å². The third kappa shape index (κ3) is 4.54. The van der Waals surface area contributed by atoms with E-state index in [-0.39, 0.29) is 0 Å². The molecule has 3 aromatic heterocycles. The summed E-state index contributed by atoms with van der Waals surface area (Å²) in [5.41, 5.74) is 6.37.